The molecule has 2 fully saturated rings. The van der Waals surface area contributed by atoms with Crippen LogP contribution >= 0.6 is 0 Å². The smallest absolute Gasteiger partial charge is 0.370 e. The Kier molecular flexibility index (Phi) is 5.60. The van der Waals surface area contributed by atoms with E-state index in [1.807, 2.05) is 0 Å². The average Bonchev–Trinajstić information content (AvgIpc) is 3.20. The average molecular weight is 416 g/mol. The Labute approximate surface area is 155 Å². The number of aromatic amines is 1. The fraction of sp³-hybridized carbons (Fsp3) is 0.733. The van der Waals surface area contributed by atoms with Crippen molar-refractivity contribution >= 4 is 5.91 Å². The van der Waals surface area contributed by atoms with Gasteiger partial charge in [0.15, 0.2) is 0 Å². The van der Waals surface area contributed by atoms with Crippen LogP contribution in [0, 0.1) is 0 Å². The minimum atomic E-state index is -4.53. The maximum atomic E-state index is 12.6. The van der Waals surface area contributed by atoms with Crippen molar-refractivity contribution in [3.63, 3.8) is 0 Å². The van der Waals surface area contributed by atoms with E-state index in [1.54, 1.807) is 10.2 Å². The highest BCUT2D eigenvalue weighted by atomic mass is 19.4. The van der Waals surface area contributed by atoms with Gasteiger partial charge in [0.25, 0.3) is 0 Å². The second kappa shape index (κ2) is 7.52. The standard InChI is InChI=1S/C15H18F6N4O3/c16-14(17,18)6-23-12(26)9-3-13(8-27-9)7-25(1-2-28-13)5-11-22-4-10(24-11)15(19,20)21/h4,9H,1-3,5-8H2,(H,22,24)(H,23,26). The zero-order valence-corrected chi connectivity index (χ0v) is 14.5. The maximum Gasteiger partial charge on any atom is 0.432 e. The van der Waals surface area contributed by atoms with E-state index < -0.39 is 42.2 Å². The van der Waals surface area contributed by atoms with Crippen molar-refractivity contribution in [3.05, 3.63) is 17.7 Å². The van der Waals surface area contributed by atoms with Crippen LogP contribution in [0.5, 0.6) is 0 Å². The quantitative estimate of drug-likeness (QED) is 0.727. The lowest BCUT2D eigenvalue weighted by Gasteiger charge is -2.39. The lowest BCUT2D eigenvalue weighted by Crippen LogP contribution is -2.52. The van der Waals surface area contributed by atoms with Gasteiger partial charge in [-0.3, -0.25) is 9.69 Å². The molecule has 0 saturated carbocycles. The van der Waals surface area contributed by atoms with Crippen LogP contribution in [0.2, 0.25) is 0 Å². The van der Waals surface area contributed by atoms with Crippen molar-refractivity contribution < 1.29 is 40.6 Å². The van der Waals surface area contributed by atoms with E-state index in [0.29, 0.717) is 12.7 Å². The van der Waals surface area contributed by atoms with Crippen LogP contribution in [-0.4, -0.2) is 71.5 Å². The van der Waals surface area contributed by atoms with Crippen LogP contribution < -0.4 is 5.32 Å². The van der Waals surface area contributed by atoms with E-state index in [2.05, 4.69) is 9.97 Å². The lowest BCUT2D eigenvalue weighted by molar-refractivity contribution is -0.143. The number of hydrogen-bond acceptors (Lipinski definition) is 5. The summed E-state index contributed by atoms with van der Waals surface area (Å²) in [4.78, 5) is 19.6. The third kappa shape index (κ3) is 5.14. The number of carbonyl (C=O) groups is 1. The highest BCUT2D eigenvalue weighted by Gasteiger charge is 2.47. The Morgan fingerprint density at radius 3 is 2.75 bits per heavy atom. The van der Waals surface area contributed by atoms with E-state index in [4.69, 9.17) is 9.47 Å². The van der Waals surface area contributed by atoms with Crippen molar-refractivity contribution in [1.82, 2.24) is 20.2 Å². The van der Waals surface area contributed by atoms with Gasteiger partial charge in [0.1, 0.15) is 29.8 Å². The number of hydrogen-bond donors (Lipinski definition) is 2. The van der Waals surface area contributed by atoms with Crippen LogP contribution in [0.15, 0.2) is 6.20 Å². The number of imidazole rings is 1. The first-order chi connectivity index (χ1) is 13.0. The number of carbonyl (C=O) groups excluding carboxylic acids is 1. The highest BCUT2D eigenvalue weighted by Crippen LogP contribution is 2.32. The molecule has 2 aliphatic heterocycles. The molecule has 13 heteroatoms. The number of nitrogens with zero attached hydrogens (tertiary/aromatic N) is 2. The predicted molar refractivity (Wildman–Crippen MR) is 81.0 cm³/mol. The van der Waals surface area contributed by atoms with Crippen molar-refractivity contribution in [2.24, 2.45) is 0 Å². The van der Waals surface area contributed by atoms with Gasteiger partial charge in [0.2, 0.25) is 5.91 Å². The first-order valence-electron chi connectivity index (χ1n) is 8.39. The van der Waals surface area contributed by atoms with Crippen LogP contribution in [0.1, 0.15) is 17.9 Å². The topological polar surface area (TPSA) is 79.5 Å². The van der Waals surface area contributed by atoms with Crippen molar-refractivity contribution in [3.8, 4) is 0 Å². The zero-order chi connectivity index (χ0) is 20.6. The molecule has 3 rings (SSSR count). The summed E-state index contributed by atoms with van der Waals surface area (Å²) in [5.41, 5.74) is -1.85. The predicted octanol–water partition coefficient (Wildman–Crippen LogP) is 1.47. The maximum absolute atomic E-state index is 12.6. The SMILES string of the molecule is O=C(NCC(F)(F)F)C1CC2(CO1)CN(Cc1ncc(C(F)(F)F)[nH]1)CCO2. The number of amides is 1. The number of alkyl halides is 6. The number of rotatable bonds is 4. The zero-order valence-electron chi connectivity index (χ0n) is 14.5. The minimum Gasteiger partial charge on any atom is -0.370 e. The van der Waals surface area contributed by atoms with Gasteiger partial charge in [-0.25, -0.2) is 4.98 Å². The molecule has 3 heterocycles. The molecule has 0 aromatic carbocycles. The summed E-state index contributed by atoms with van der Waals surface area (Å²) >= 11 is 0. The molecule has 7 nitrogen and oxygen atoms in total. The molecule has 2 N–H and O–H groups in total. The van der Waals surface area contributed by atoms with E-state index in [0.717, 1.165) is 0 Å². The first-order valence-corrected chi connectivity index (χ1v) is 8.39. The third-order valence-electron chi connectivity index (χ3n) is 4.50. The van der Waals surface area contributed by atoms with Gasteiger partial charge < -0.3 is 19.8 Å². The highest BCUT2D eigenvalue weighted by molar-refractivity contribution is 5.81. The van der Waals surface area contributed by atoms with Crippen molar-refractivity contribution in [2.45, 2.75) is 37.0 Å². The van der Waals surface area contributed by atoms with E-state index >= 15 is 0 Å². The van der Waals surface area contributed by atoms with E-state index in [9.17, 15) is 31.1 Å². The Balaban J connectivity index is 1.56. The molecular weight excluding hydrogens is 398 g/mol. The Morgan fingerprint density at radius 2 is 2.11 bits per heavy atom. The molecule has 28 heavy (non-hydrogen) atoms. The summed E-state index contributed by atoms with van der Waals surface area (Å²) in [5, 5.41) is 1.77. The number of aromatic nitrogens is 2. The van der Waals surface area contributed by atoms with E-state index in [-0.39, 0.29) is 38.5 Å². The molecule has 2 saturated heterocycles. The molecule has 2 aliphatic rings. The summed E-state index contributed by atoms with van der Waals surface area (Å²) < 4.78 is 85.6. The molecule has 1 aromatic rings. The molecule has 1 spiro atoms. The number of ether oxygens (including phenoxy) is 2. The Morgan fingerprint density at radius 1 is 1.36 bits per heavy atom. The van der Waals surface area contributed by atoms with Crippen molar-refractivity contribution in [1.29, 1.82) is 0 Å². The monoisotopic (exact) mass is 416 g/mol. The van der Waals surface area contributed by atoms with Gasteiger partial charge in [0.05, 0.1) is 26.0 Å². The van der Waals surface area contributed by atoms with Crippen LogP contribution in [0.3, 0.4) is 0 Å². The minimum absolute atomic E-state index is 0.000436. The largest absolute Gasteiger partial charge is 0.432 e. The Bertz CT molecular complexity index is 707. The molecule has 1 aromatic heterocycles. The number of halogens is 6. The second-order valence-electron chi connectivity index (χ2n) is 6.82. The summed E-state index contributed by atoms with van der Waals surface area (Å²) in [6.07, 6.45) is -9.36. The van der Waals surface area contributed by atoms with Gasteiger partial charge in [-0.2, -0.15) is 26.3 Å². The van der Waals surface area contributed by atoms with Crippen LogP contribution in [0.25, 0.3) is 0 Å². The molecule has 0 bridgehead atoms. The van der Waals surface area contributed by atoms with Gasteiger partial charge in [-0.1, -0.05) is 0 Å². The summed E-state index contributed by atoms with van der Waals surface area (Å²) in [7, 11) is 0. The normalized spacial score (nSPS) is 26.7. The van der Waals surface area contributed by atoms with Crippen molar-refractivity contribution in [2.75, 3.05) is 32.8 Å². The van der Waals surface area contributed by atoms with Crippen LogP contribution in [-0.2, 0) is 27.0 Å². The molecule has 158 valence electrons. The molecule has 0 radical (unpaired) electrons. The summed E-state index contributed by atoms with van der Waals surface area (Å²) in [6.45, 7) is -0.433. The van der Waals surface area contributed by atoms with E-state index in [1.165, 1.54) is 0 Å². The number of morpholine rings is 1. The Hall–Kier alpha value is -1.86. The number of nitrogens with one attached hydrogen (secondary N) is 2. The summed E-state index contributed by atoms with van der Waals surface area (Å²) in [5.74, 6) is -0.751. The van der Waals surface area contributed by atoms with Gasteiger partial charge >= 0.3 is 12.4 Å². The second-order valence-corrected chi connectivity index (χ2v) is 6.82. The molecule has 0 aliphatic carbocycles. The molecule has 2 unspecified atom stereocenters. The van der Waals surface area contributed by atoms with Gasteiger partial charge in [-0.15, -0.1) is 0 Å². The third-order valence-corrected chi connectivity index (χ3v) is 4.50. The fourth-order valence-corrected chi connectivity index (χ4v) is 3.25. The fourth-order valence-electron chi connectivity index (χ4n) is 3.25. The van der Waals surface area contributed by atoms with Gasteiger partial charge in [-0.05, 0) is 0 Å². The summed E-state index contributed by atoms with van der Waals surface area (Å²) in [6, 6.07) is 0. The van der Waals surface area contributed by atoms with Gasteiger partial charge in [0, 0.05) is 19.5 Å². The molecule has 1 amide bonds. The lowest BCUT2D eigenvalue weighted by atomic mass is 9.97. The molecular formula is C15H18F6N4O3. The first kappa shape index (κ1) is 20.9. The van der Waals surface area contributed by atoms with Crippen LogP contribution in [0.4, 0.5) is 26.3 Å². The molecule has 2 atom stereocenters. The number of H-pyrrole nitrogens is 1.